The first-order valence-electron chi connectivity index (χ1n) is 6.68. The predicted octanol–water partition coefficient (Wildman–Crippen LogP) is 0.519. The van der Waals surface area contributed by atoms with E-state index in [1.165, 1.54) is 0 Å². The highest BCUT2D eigenvalue weighted by Crippen LogP contribution is 2.31. The van der Waals surface area contributed by atoms with E-state index in [1.54, 1.807) is 0 Å². The number of para-hydroxylation sites is 2. The molecule has 5 heteroatoms. The summed E-state index contributed by atoms with van der Waals surface area (Å²) >= 11 is 0. The van der Waals surface area contributed by atoms with Gasteiger partial charge in [-0.2, -0.15) is 0 Å². The average molecular weight is 265 g/mol. The summed E-state index contributed by atoms with van der Waals surface area (Å²) in [6, 6.07) is 7.78. The molecule has 0 aliphatic carbocycles. The monoisotopic (exact) mass is 265 g/mol. The second-order valence-corrected chi connectivity index (χ2v) is 4.90. The fourth-order valence-corrected chi connectivity index (χ4v) is 2.51. The molecule has 1 N–H and O–H groups in total. The first-order chi connectivity index (χ1) is 9.36. The quantitative estimate of drug-likeness (QED) is 0.863. The van der Waals surface area contributed by atoms with Gasteiger partial charge in [0, 0.05) is 13.1 Å². The van der Waals surface area contributed by atoms with Gasteiger partial charge in [0.25, 0.3) is 0 Å². The number of rotatable bonds is 3. The fourth-order valence-electron chi connectivity index (χ4n) is 2.51. The van der Waals surface area contributed by atoms with Gasteiger partial charge in [0.15, 0.2) is 11.5 Å². The van der Waals surface area contributed by atoms with Crippen molar-refractivity contribution >= 4 is 0 Å². The van der Waals surface area contributed by atoms with Crippen LogP contribution in [0.4, 0.5) is 0 Å². The Bertz CT molecular complexity index is 426. The van der Waals surface area contributed by atoms with Gasteiger partial charge in [-0.3, -0.25) is 4.90 Å². The molecule has 0 amide bonds. The normalized spacial score (nSPS) is 27.2. The third kappa shape index (κ3) is 2.83. The van der Waals surface area contributed by atoms with Crippen LogP contribution in [0.2, 0.25) is 0 Å². The number of morpholine rings is 1. The van der Waals surface area contributed by atoms with E-state index in [2.05, 4.69) is 4.90 Å². The SMILES string of the molecule is OCC1COCCN1CC1COc2ccccc2O1. The third-order valence-electron chi connectivity index (χ3n) is 3.57. The summed E-state index contributed by atoms with van der Waals surface area (Å²) < 4.78 is 17.0. The van der Waals surface area contributed by atoms with E-state index in [1.807, 2.05) is 24.3 Å². The molecule has 1 fully saturated rings. The number of aliphatic hydroxyl groups excluding tert-OH is 1. The first-order valence-corrected chi connectivity index (χ1v) is 6.68. The summed E-state index contributed by atoms with van der Waals surface area (Å²) in [5, 5.41) is 9.35. The molecule has 104 valence electrons. The van der Waals surface area contributed by atoms with Gasteiger partial charge in [0.2, 0.25) is 0 Å². The van der Waals surface area contributed by atoms with Gasteiger partial charge < -0.3 is 19.3 Å². The zero-order valence-electron chi connectivity index (χ0n) is 10.8. The Labute approximate surface area is 112 Å². The number of ether oxygens (including phenoxy) is 3. The minimum absolute atomic E-state index is 0.00190. The van der Waals surface area contributed by atoms with Crippen LogP contribution in [0.3, 0.4) is 0 Å². The zero-order valence-corrected chi connectivity index (χ0v) is 10.8. The van der Waals surface area contributed by atoms with Gasteiger partial charge in [-0.1, -0.05) is 12.1 Å². The number of fused-ring (bicyclic) bond motifs is 1. The van der Waals surface area contributed by atoms with Crippen molar-refractivity contribution in [2.75, 3.05) is 39.5 Å². The maximum atomic E-state index is 9.35. The van der Waals surface area contributed by atoms with E-state index in [0.717, 1.165) is 24.6 Å². The standard InChI is InChI=1S/C14H19NO4/c16-8-11-9-17-6-5-15(11)7-12-10-18-13-3-1-2-4-14(13)19-12/h1-4,11-12,16H,5-10H2. The molecule has 1 aromatic rings. The third-order valence-corrected chi connectivity index (χ3v) is 3.57. The largest absolute Gasteiger partial charge is 0.486 e. The summed E-state index contributed by atoms with van der Waals surface area (Å²) in [5.74, 6) is 1.60. The molecule has 2 aliphatic heterocycles. The van der Waals surface area contributed by atoms with Gasteiger partial charge in [0.05, 0.1) is 25.9 Å². The van der Waals surface area contributed by atoms with Crippen molar-refractivity contribution in [2.24, 2.45) is 0 Å². The Morgan fingerprint density at radius 1 is 1.21 bits per heavy atom. The van der Waals surface area contributed by atoms with Crippen LogP contribution in [0.5, 0.6) is 11.5 Å². The van der Waals surface area contributed by atoms with Crippen molar-refractivity contribution in [3.63, 3.8) is 0 Å². The van der Waals surface area contributed by atoms with Crippen LogP contribution in [0.1, 0.15) is 0 Å². The number of aliphatic hydroxyl groups is 1. The Morgan fingerprint density at radius 3 is 2.89 bits per heavy atom. The van der Waals surface area contributed by atoms with E-state index in [-0.39, 0.29) is 18.8 Å². The molecule has 0 spiro atoms. The Morgan fingerprint density at radius 2 is 2.05 bits per heavy atom. The summed E-state index contributed by atoms with van der Waals surface area (Å²) in [5.41, 5.74) is 0. The van der Waals surface area contributed by atoms with Crippen molar-refractivity contribution in [3.05, 3.63) is 24.3 Å². The molecular formula is C14H19NO4. The Balaban J connectivity index is 1.62. The minimum Gasteiger partial charge on any atom is -0.486 e. The number of nitrogens with zero attached hydrogens (tertiary/aromatic N) is 1. The predicted molar refractivity (Wildman–Crippen MR) is 69.6 cm³/mol. The molecule has 2 atom stereocenters. The lowest BCUT2D eigenvalue weighted by Crippen LogP contribution is -2.52. The van der Waals surface area contributed by atoms with Crippen molar-refractivity contribution in [1.82, 2.24) is 4.90 Å². The number of hydrogen-bond acceptors (Lipinski definition) is 5. The molecule has 5 nitrogen and oxygen atoms in total. The summed E-state index contributed by atoms with van der Waals surface area (Å²) in [6.45, 7) is 3.54. The van der Waals surface area contributed by atoms with Gasteiger partial charge in [-0.05, 0) is 12.1 Å². The van der Waals surface area contributed by atoms with E-state index in [0.29, 0.717) is 19.8 Å². The molecule has 0 radical (unpaired) electrons. The highest BCUT2D eigenvalue weighted by atomic mass is 16.6. The lowest BCUT2D eigenvalue weighted by Gasteiger charge is -2.37. The summed E-state index contributed by atoms with van der Waals surface area (Å²) in [7, 11) is 0. The van der Waals surface area contributed by atoms with Crippen LogP contribution in [-0.2, 0) is 4.74 Å². The fraction of sp³-hybridized carbons (Fsp3) is 0.571. The number of benzene rings is 1. The van der Waals surface area contributed by atoms with Crippen LogP contribution in [0, 0.1) is 0 Å². The molecule has 0 bridgehead atoms. The van der Waals surface area contributed by atoms with Crippen molar-refractivity contribution in [2.45, 2.75) is 12.1 Å². The molecule has 2 unspecified atom stereocenters. The first kappa shape index (κ1) is 12.7. The van der Waals surface area contributed by atoms with Crippen LogP contribution in [-0.4, -0.2) is 61.7 Å². The van der Waals surface area contributed by atoms with E-state index >= 15 is 0 Å². The maximum absolute atomic E-state index is 9.35. The molecule has 1 aromatic carbocycles. The Hall–Kier alpha value is -1.30. The van der Waals surface area contributed by atoms with Crippen LogP contribution >= 0.6 is 0 Å². The van der Waals surface area contributed by atoms with E-state index in [4.69, 9.17) is 14.2 Å². The van der Waals surface area contributed by atoms with Gasteiger partial charge >= 0.3 is 0 Å². The van der Waals surface area contributed by atoms with Crippen molar-refractivity contribution in [1.29, 1.82) is 0 Å². The molecule has 3 rings (SSSR count). The molecule has 19 heavy (non-hydrogen) atoms. The lowest BCUT2D eigenvalue weighted by molar-refractivity contribution is -0.0481. The molecule has 1 saturated heterocycles. The van der Waals surface area contributed by atoms with Crippen LogP contribution in [0.15, 0.2) is 24.3 Å². The van der Waals surface area contributed by atoms with Crippen molar-refractivity contribution in [3.8, 4) is 11.5 Å². The highest BCUT2D eigenvalue weighted by Gasteiger charge is 2.28. The maximum Gasteiger partial charge on any atom is 0.161 e. The van der Waals surface area contributed by atoms with Crippen molar-refractivity contribution < 1.29 is 19.3 Å². The molecule has 0 saturated carbocycles. The van der Waals surface area contributed by atoms with E-state index < -0.39 is 0 Å². The van der Waals surface area contributed by atoms with Gasteiger partial charge in [-0.15, -0.1) is 0 Å². The van der Waals surface area contributed by atoms with Crippen LogP contribution < -0.4 is 9.47 Å². The summed E-state index contributed by atoms with van der Waals surface area (Å²) in [4.78, 5) is 2.21. The lowest BCUT2D eigenvalue weighted by atomic mass is 10.2. The second kappa shape index (κ2) is 5.77. The van der Waals surface area contributed by atoms with Crippen LogP contribution in [0.25, 0.3) is 0 Å². The average Bonchev–Trinajstić information content (AvgIpc) is 2.48. The smallest absolute Gasteiger partial charge is 0.161 e. The highest BCUT2D eigenvalue weighted by molar-refractivity contribution is 5.40. The molecule has 2 heterocycles. The zero-order chi connectivity index (χ0) is 13.1. The minimum atomic E-state index is 0.00190. The molecule has 0 aromatic heterocycles. The Kier molecular flexibility index (Phi) is 3.87. The molecule has 2 aliphatic rings. The van der Waals surface area contributed by atoms with Gasteiger partial charge in [-0.25, -0.2) is 0 Å². The van der Waals surface area contributed by atoms with E-state index in [9.17, 15) is 5.11 Å². The number of hydrogen-bond donors (Lipinski definition) is 1. The van der Waals surface area contributed by atoms with Gasteiger partial charge in [0.1, 0.15) is 12.7 Å². The second-order valence-electron chi connectivity index (χ2n) is 4.90. The summed E-state index contributed by atoms with van der Waals surface area (Å²) in [6.07, 6.45) is 0.00190. The molecular weight excluding hydrogens is 246 g/mol. The topological polar surface area (TPSA) is 51.2 Å².